The van der Waals surface area contributed by atoms with Crippen molar-refractivity contribution in [2.24, 2.45) is 4.99 Å². The number of phenolic OH excluding ortho intramolecular Hbond substituents is 1. The molecular weight excluding hydrogens is 349 g/mol. The summed E-state index contributed by atoms with van der Waals surface area (Å²) in [6.45, 7) is 1.82. The fourth-order valence-electron chi connectivity index (χ4n) is 2.25. The summed E-state index contributed by atoms with van der Waals surface area (Å²) in [7, 11) is 0. The van der Waals surface area contributed by atoms with Gasteiger partial charge in [-0.05, 0) is 37.6 Å². The van der Waals surface area contributed by atoms with Gasteiger partial charge in [0.25, 0.3) is 0 Å². The first kappa shape index (κ1) is 18.3. The van der Waals surface area contributed by atoms with Crippen molar-refractivity contribution in [2.45, 2.75) is 25.8 Å². The van der Waals surface area contributed by atoms with Crippen LogP contribution >= 0.6 is 23.2 Å². The number of benzene rings is 2. The lowest BCUT2D eigenvalue weighted by atomic mass is 10.0. The molecule has 0 aliphatic carbocycles. The summed E-state index contributed by atoms with van der Waals surface area (Å²) in [5, 5.41) is 20.0. The van der Waals surface area contributed by atoms with Gasteiger partial charge in [-0.1, -0.05) is 41.4 Å². The molecule has 1 atom stereocenters. The highest BCUT2D eigenvalue weighted by atomic mass is 35.5. The summed E-state index contributed by atoms with van der Waals surface area (Å²) in [5.74, 6) is -0.842. The monoisotopic (exact) mass is 365 g/mol. The van der Waals surface area contributed by atoms with Crippen molar-refractivity contribution in [1.29, 1.82) is 0 Å². The van der Waals surface area contributed by atoms with Crippen LogP contribution in [0.4, 0.5) is 0 Å². The molecule has 0 aliphatic rings. The molecule has 24 heavy (non-hydrogen) atoms. The molecule has 0 fully saturated rings. The number of nitrogens with zero attached hydrogens (tertiary/aromatic N) is 1. The zero-order chi connectivity index (χ0) is 17.7. The number of hydrogen-bond acceptors (Lipinski definition) is 3. The highest BCUT2D eigenvalue weighted by Crippen LogP contribution is 2.28. The maximum atomic E-state index is 10.8. The van der Waals surface area contributed by atoms with E-state index >= 15 is 0 Å². The van der Waals surface area contributed by atoms with Gasteiger partial charge in [-0.25, -0.2) is 0 Å². The van der Waals surface area contributed by atoms with Crippen LogP contribution < -0.4 is 0 Å². The average molecular weight is 366 g/mol. The maximum Gasteiger partial charge on any atom is 0.303 e. The lowest BCUT2D eigenvalue weighted by Gasteiger charge is -2.14. The second-order valence-electron chi connectivity index (χ2n) is 5.40. The first-order chi connectivity index (χ1) is 11.4. The van der Waals surface area contributed by atoms with Crippen LogP contribution in [0.1, 0.15) is 30.9 Å². The van der Waals surface area contributed by atoms with Crippen molar-refractivity contribution in [3.05, 3.63) is 63.6 Å². The predicted molar refractivity (Wildman–Crippen MR) is 96.5 cm³/mol. The number of aliphatic imine (C=N–C) groups is 1. The third-order valence-electron chi connectivity index (χ3n) is 3.47. The Kier molecular flexibility index (Phi) is 6.23. The highest BCUT2D eigenvalue weighted by molar-refractivity contribution is 6.36. The Bertz CT molecular complexity index is 775. The van der Waals surface area contributed by atoms with E-state index in [-0.39, 0.29) is 18.2 Å². The van der Waals surface area contributed by atoms with Gasteiger partial charge in [0.2, 0.25) is 0 Å². The molecule has 2 rings (SSSR count). The zero-order valence-corrected chi connectivity index (χ0v) is 14.6. The molecule has 2 aromatic carbocycles. The second kappa shape index (κ2) is 8.18. The van der Waals surface area contributed by atoms with Gasteiger partial charge in [0, 0.05) is 33.6 Å². The van der Waals surface area contributed by atoms with E-state index in [0.717, 1.165) is 0 Å². The van der Waals surface area contributed by atoms with Crippen LogP contribution in [0.3, 0.4) is 0 Å². The minimum Gasteiger partial charge on any atom is -0.507 e. The zero-order valence-electron chi connectivity index (χ0n) is 13.0. The van der Waals surface area contributed by atoms with Gasteiger partial charge in [-0.3, -0.25) is 9.79 Å². The van der Waals surface area contributed by atoms with Crippen LogP contribution in [-0.4, -0.2) is 27.9 Å². The predicted octanol–water partition coefficient (Wildman–Crippen LogP) is 4.79. The van der Waals surface area contributed by atoms with Crippen LogP contribution in [0.2, 0.25) is 10.0 Å². The van der Waals surface area contributed by atoms with Crippen molar-refractivity contribution >= 4 is 34.9 Å². The topological polar surface area (TPSA) is 69.9 Å². The van der Waals surface area contributed by atoms with E-state index in [1.807, 2.05) is 13.0 Å². The van der Waals surface area contributed by atoms with Crippen molar-refractivity contribution < 1.29 is 15.0 Å². The molecule has 0 bridgehead atoms. The first-order valence-corrected chi connectivity index (χ1v) is 8.17. The van der Waals surface area contributed by atoms with Crippen LogP contribution in [0.5, 0.6) is 5.75 Å². The average Bonchev–Trinajstić information content (AvgIpc) is 2.54. The molecule has 2 aromatic rings. The molecule has 0 amide bonds. The largest absolute Gasteiger partial charge is 0.507 e. The smallest absolute Gasteiger partial charge is 0.303 e. The third-order valence-corrected chi connectivity index (χ3v) is 4.03. The Balaban J connectivity index is 2.52. The minimum atomic E-state index is -0.873. The Hall–Kier alpha value is -2.04. The fourth-order valence-corrected chi connectivity index (χ4v) is 2.65. The van der Waals surface area contributed by atoms with E-state index in [2.05, 4.69) is 4.99 Å². The third kappa shape index (κ3) is 4.73. The molecule has 2 N–H and O–H groups in total. The van der Waals surface area contributed by atoms with Crippen molar-refractivity contribution in [1.82, 2.24) is 0 Å². The van der Waals surface area contributed by atoms with E-state index in [1.54, 1.807) is 30.3 Å². The second-order valence-corrected chi connectivity index (χ2v) is 6.24. The molecule has 0 spiro atoms. The van der Waals surface area contributed by atoms with Gasteiger partial charge in [-0.2, -0.15) is 0 Å². The van der Waals surface area contributed by atoms with Crippen LogP contribution in [-0.2, 0) is 4.79 Å². The standard InChI is InChI=1S/C18H17Cl2NO3/c1-11(6-9-17(23)24)21-18(13-4-2-3-5-15(13)20)14-10-12(19)7-8-16(14)22/h2-5,7-8,10-11,22H,6,9H2,1H3,(H,23,24). The molecule has 6 heteroatoms. The molecule has 0 saturated carbocycles. The number of aromatic hydroxyl groups is 1. The fraction of sp³-hybridized carbons (Fsp3) is 0.222. The summed E-state index contributed by atoms with van der Waals surface area (Å²) in [6, 6.07) is 11.6. The normalized spacial score (nSPS) is 12.9. The number of hydrogen-bond donors (Lipinski definition) is 2. The van der Waals surface area contributed by atoms with Crippen molar-refractivity contribution in [2.75, 3.05) is 0 Å². The molecule has 0 heterocycles. The summed E-state index contributed by atoms with van der Waals surface area (Å²) >= 11 is 12.3. The van der Waals surface area contributed by atoms with E-state index < -0.39 is 5.97 Å². The van der Waals surface area contributed by atoms with E-state index in [1.165, 1.54) is 6.07 Å². The summed E-state index contributed by atoms with van der Waals surface area (Å²) < 4.78 is 0. The Morgan fingerprint density at radius 1 is 1.17 bits per heavy atom. The lowest BCUT2D eigenvalue weighted by Crippen LogP contribution is -2.11. The van der Waals surface area contributed by atoms with Gasteiger partial charge in [0.05, 0.1) is 5.71 Å². The number of carboxylic acids is 1. The Morgan fingerprint density at radius 3 is 2.54 bits per heavy atom. The maximum absolute atomic E-state index is 10.8. The van der Waals surface area contributed by atoms with E-state index in [9.17, 15) is 9.90 Å². The number of phenols is 1. The quantitative estimate of drug-likeness (QED) is 0.722. The van der Waals surface area contributed by atoms with Gasteiger partial charge in [-0.15, -0.1) is 0 Å². The first-order valence-electron chi connectivity index (χ1n) is 7.42. The van der Waals surface area contributed by atoms with Crippen LogP contribution in [0.25, 0.3) is 0 Å². The number of halogens is 2. The molecular formula is C18H17Cl2NO3. The van der Waals surface area contributed by atoms with Gasteiger partial charge in [0.1, 0.15) is 5.75 Å². The molecule has 1 unspecified atom stereocenters. The molecule has 0 radical (unpaired) electrons. The molecule has 0 aliphatic heterocycles. The van der Waals surface area contributed by atoms with Gasteiger partial charge >= 0.3 is 5.97 Å². The summed E-state index contributed by atoms with van der Waals surface area (Å²) in [6.07, 6.45) is 0.395. The van der Waals surface area contributed by atoms with Crippen molar-refractivity contribution in [3.8, 4) is 5.75 Å². The number of rotatable bonds is 6. The van der Waals surface area contributed by atoms with Crippen LogP contribution in [0.15, 0.2) is 47.5 Å². The number of carbonyl (C=O) groups is 1. The van der Waals surface area contributed by atoms with Crippen LogP contribution in [0, 0.1) is 0 Å². The number of aliphatic carboxylic acids is 1. The summed E-state index contributed by atoms with van der Waals surface area (Å²) in [4.78, 5) is 15.4. The van der Waals surface area contributed by atoms with E-state index in [4.69, 9.17) is 28.3 Å². The Morgan fingerprint density at radius 2 is 1.88 bits per heavy atom. The van der Waals surface area contributed by atoms with E-state index in [0.29, 0.717) is 33.3 Å². The molecule has 4 nitrogen and oxygen atoms in total. The number of carboxylic acid groups (broad SMARTS) is 1. The Labute approximate surface area is 150 Å². The van der Waals surface area contributed by atoms with Gasteiger partial charge < -0.3 is 10.2 Å². The minimum absolute atomic E-state index is 0.0159. The van der Waals surface area contributed by atoms with Gasteiger partial charge in [0.15, 0.2) is 0 Å². The molecule has 126 valence electrons. The molecule has 0 saturated heterocycles. The molecule has 0 aromatic heterocycles. The highest BCUT2D eigenvalue weighted by Gasteiger charge is 2.16. The lowest BCUT2D eigenvalue weighted by molar-refractivity contribution is -0.137. The summed E-state index contributed by atoms with van der Waals surface area (Å²) in [5.41, 5.74) is 1.59. The van der Waals surface area contributed by atoms with Crippen molar-refractivity contribution in [3.63, 3.8) is 0 Å². The SMILES string of the molecule is CC(CCC(=O)O)N=C(c1cc(Cl)ccc1O)c1ccccc1Cl.